The average Bonchev–Trinajstić information content (AvgIpc) is 2.18. The molecule has 1 nitrogen and oxygen atoms in total. The maximum atomic E-state index is 13.3. The zero-order chi connectivity index (χ0) is 10.6. The molecule has 14 heavy (non-hydrogen) atoms. The van der Waals surface area contributed by atoms with Gasteiger partial charge in [0.15, 0.2) is 0 Å². The highest BCUT2D eigenvalue weighted by Gasteiger charge is 2.04. The molecule has 0 bridgehead atoms. The molecule has 0 amide bonds. The van der Waals surface area contributed by atoms with Gasteiger partial charge in [-0.3, -0.25) is 0 Å². The lowest BCUT2D eigenvalue weighted by molar-refractivity contribution is 0.625. The summed E-state index contributed by atoms with van der Waals surface area (Å²) in [6, 6.07) is 4.64. The molecule has 3 heteroatoms. The molecular formula is C11H13ClFN. The molecule has 0 aromatic heterocycles. The van der Waals surface area contributed by atoms with Crippen LogP contribution in [-0.4, -0.2) is 6.54 Å². The van der Waals surface area contributed by atoms with Crippen molar-refractivity contribution in [3.05, 3.63) is 40.2 Å². The van der Waals surface area contributed by atoms with E-state index in [1.165, 1.54) is 6.07 Å². The molecule has 1 rings (SSSR count). The molecule has 0 heterocycles. The zero-order valence-corrected chi connectivity index (χ0v) is 8.81. The molecular weight excluding hydrogens is 201 g/mol. The van der Waals surface area contributed by atoms with Crippen molar-refractivity contribution >= 4 is 17.7 Å². The minimum atomic E-state index is -0.308. The van der Waals surface area contributed by atoms with Crippen molar-refractivity contribution in [2.45, 2.75) is 13.3 Å². The maximum Gasteiger partial charge on any atom is 0.131 e. The summed E-state index contributed by atoms with van der Waals surface area (Å²) < 4.78 is 13.3. The Labute approximate surface area is 88.4 Å². The lowest BCUT2D eigenvalue weighted by Gasteiger charge is -2.03. The summed E-state index contributed by atoms with van der Waals surface area (Å²) in [5, 5.41) is 0.421. The van der Waals surface area contributed by atoms with Crippen LogP contribution >= 0.6 is 11.6 Å². The summed E-state index contributed by atoms with van der Waals surface area (Å²) >= 11 is 5.86. The number of hydrogen-bond acceptors (Lipinski definition) is 1. The van der Waals surface area contributed by atoms with Crippen LogP contribution < -0.4 is 5.73 Å². The first kappa shape index (κ1) is 11.2. The summed E-state index contributed by atoms with van der Waals surface area (Å²) in [6.45, 7) is 2.41. The monoisotopic (exact) mass is 213 g/mol. The Morgan fingerprint density at radius 2 is 2.29 bits per heavy atom. The van der Waals surface area contributed by atoms with Crippen molar-refractivity contribution in [1.82, 2.24) is 0 Å². The smallest absolute Gasteiger partial charge is 0.131 e. The van der Waals surface area contributed by atoms with E-state index in [0.29, 0.717) is 17.1 Å². The quantitative estimate of drug-likeness (QED) is 0.820. The third-order valence-corrected chi connectivity index (χ3v) is 2.39. The molecule has 0 saturated heterocycles. The first-order valence-corrected chi connectivity index (χ1v) is 4.90. The fourth-order valence-electron chi connectivity index (χ4n) is 1.16. The summed E-state index contributed by atoms with van der Waals surface area (Å²) in [5.41, 5.74) is 6.91. The van der Waals surface area contributed by atoms with Gasteiger partial charge in [-0.1, -0.05) is 36.2 Å². The molecule has 0 spiro atoms. The van der Waals surface area contributed by atoms with Gasteiger partial charge in [0.05, 0.1) is 5.02 Å². The van der Waals surface area contributed by atoms with Crippen LogP contribution in [0.3, 0.4) is 0 Å². The molecule has 0 aliphatic carbocycles. The van der Waals surface area contributed by atoms with Crippen molar-refractivity contribution in [2.75, 3.05) is 6.54 Å². The van der Waals surface area contributed by atoms with Crippen molar-refractivity contribution < 1.29 is 4.39 Å². The van der Waals surface area contributed by atoms with Crippen molar-refractivity contribution in [3.8, 4) is 0 Å². The number of nitrogens with two attached hydrogens (primary N) is 1. The highest BCUT2D eigenvalue weighted by atomic mass is 35.5. The van der Waals surface area contributed by atoms with Crippen LogP contribution in [0.1, 0.15) is 18.9 Å². The van der Waals surface area contributed by atoms with E-state index >= 15 is 0 Å². The van der Waals surface area contributed by atoms with E-state index < -0.39 is 0 Å². The summed E-state index contributed by atoms with van der Waals surface area (Å²) in [5.74, 6) is -0.308. The molecule has 0 aliphatic heterocycles. The highest BCUT2D eigenvalue weighted by Crippen LogP contribution is 2.22. The summed E-state index contributed by atoms with van der Waals surface area (Å²) in [4.78, 5) is 0. The maximum absolute atomic E-state index is 13.3. The van der Waals surface area contributed by atoms with Gasteiger partial charge in [-0.25, -0.2) is 4.39 Å². The summed E-state index contributed by atoms with van der Waals surface area (Å²) in [6.07, 6.45) is 2.53. The van der Waals surface area contributed by atoms with Gasteiger partial charge in [0.2, 0.25) is 0 Å². The molecule has 0 atom stereocenters. The van der Waals surface area contributed by atoms with E-state index in [1.54, 1.807) is 18.2 Å². The Bertz CT molecular complexity index is 321. The largest absolute Gasteiger partial charge is 0.327 e. The number of rotatable bonds is 3. The van der Waals surface area contributed by atoms with Gasteiger partial charge in [0.1, 0.15) is 5.82 Å². The topological polar surface area (TPSA) is 26.0 Å². The minimum absolute atomic E-state index is 0.308. The van der Waals surface area contributed by atoms with E-state index in [9.17, 15) is 4.39 Å². The molecule has 0 saturated carbocycles. The molecule has 2 N–H and O–H groups in total. The zero-order valence-electron chi connectivity index (χ0n) is 8.06. The molecule has 0 radical (unpaired) electrons. The third kappa shape index (κ3) is 2.56. The Hall–Kier alpha value is -0.860. The van der Waals surface area contributed by atoms with Crippen molar-refractivity contribution in [3.63, 3.8) is 0 Å². The Kier molecular flexibility index (Phi) is 4.11. The number of benzene rings is 1. The van der Waals surface area contributed by atoms with Crippen LogP contribution in [0.15, 0.2) is 23.8 Å². The predicted octanol–water partition coefficient (Wildman–Crippen LogP) is 3.23. The van der Waals surface area contributed by atoms with Crippen LogP contribution in [0.25, 0.3) is 6.08 Å². The lowest BCUT2D eigenvalue weighted by atomic mass is 10.1. The van der Waals surface area contributed by atoms with E-state index in [0.717, 1.165) is 12.0 Å². The first-order valence-electron chi connectivity index (χ1n) is 4.52. The van der Waals surface area contributed by atoms with E-state index in [2.05, 4.69) is 0 Å². The summed E-state index contributed by atoms with van der Waals surface area (Å²) in [7, 11) is 0. The van der Waals surface area contributed by atoms with Crippen LogP contribution in [0.5, 0.6) is 0 Å². The van der Waals surface area contributed by atoms with Gasteiger partial charge in [0, 0.05) is 12.1 Å². The van der Waals surface area contributed by atoms with E-state index in [-0.39, 0.29) is 5.82 Å². The fraction of sp³-hybridized carbons (Fsp3) is 0.273. The van der Waals surface area contributed by atoms with E-state index in [1.807, 2.05) is 6.92 Å². The molecule has 1 aromatic carbocycles. The van der Waals surface area contributed by atoms with Crippen LogP contribution in [0, 0.1) is 5.82 Å². The van der Waals surface area contributed by atoms with E-state index in [4.69, 9.17) is 17.3 Å². The van der Waals surface area contributed by atoms with Crippen LogP contribution in [-0.2, 0) is 0 Å². The SMILES string of the molecule is CCC(=Cc1c(F)cccc1Cl)CN. The number of hydrogen-bond donors (Lipinski definition) is 1. The second kappa shape index (κ2) is 5.13. The molecule has 0 aliphatic rings. The number of halogens is 2. The predicted molar refractivity (Wildman–Crippen MR) is 58.7 cm³/mol. The Morgan fingerprint density at radius 3 is 2.79 bits per heavy atom. The van der Waals surface area contributed by atoms with Crippen LogP contribution in [0.2, 0.25) is 5.02 Å². The molecule has 0 unspecified atom stereocenters. The first-order chi connectivity index (χ1) is 6.69. The minimum Gasteiger partial charge on any atom is -0.327 e. The standard InChI is InChI=1S/C11H13ClFN/c1-2-8(7-14)6-9-10(12)4-3-5-11(9)13/h3-6H,2,7,14H2,1H3. The van der Waals surface area contributed by atoms with Gasteiger partial charge in [-0.15, -0.1) is 0 Å². The molecule has 76 valence electrons. The van der Waals surface area contributed by atoms with Gasteiger partial charge in [-0.05, 0) is 18.6 Å². The van der Waals surface area contributed by atoms with Gasteiger partial charge in [-0.2, -0.15) is 0 Å². The van der Waals surface area contributed by atoms with Gasteiger partial charge < -0.3 is 5.73 Å². The second-order valence-corrected chi connectivity index (χ2v) is 3.40. The molecule has 1 aromatic rings. The van der Waals surface area contributed by atoms with Gasteiger partial charge >= 0.3 is 0 Å². The Morgan fingerprint density at radius 1 is 1.57 bits per heavy atom. The van der Waals surface area contributed by atoms with Crippen molar-refractivity contribution in [2.24, 2.45) is 5.73 Å². The average molecular weight is 214 g/mol. The highest BCUT2D eigenvalue weighted by molar-refractivity contribution is 6.32. The molecule has 0 fully saturated rings. The lowest BCUT2D eigenvalue weighted by Crippen LogP contribution is -2.02. The fourth-order valence-corrected chi connectivity index (χ4v) is 1.38. The van der Waals surface area contributed by atoms with Gasteiger partial charge in [0.25, 0.3) is 0 Å². The normalized spacial score (nSPS) is 11.9. The second-order valence-electron chi connectivity index (χ2n) is 3.00. The van der Waals surface area contributed by atoms with Crippen LogP contribution in [0.4, 0.5) is 4.39 Å². The van der Waals surface area contributed by atoms with Crippen molar-refractivity contribution in [1.29, 1.82) is 0 Å². The Balaban J connectivity index is 3.12. The third-order valence-electron chi connectivity index (χ3n) is 2.06.